The Hall–Kier alpha value is -1.44. The first-order valence-electron chi connectivity index (χ1n) is 8.83. The van der Waals surface area contributed by atoms with E-state index in [1.807, 2.05) is 13.8 Å². The normalized spacial score (nSPS) is 18.6. The Kier molecular flexibility index (Phi) is 6.98. The Morgan fingerprint density at radius 1 is 1.32 bits per heavy atom. The zero-order valence-corrected chi connectivity index (χ0v) is 16.0. The molecule has 1 aromatic carbocycles. The molecule has 0 unspecified atom stereocenters. The third-order valence-electron chi connectivity index (χ3n) is 4.12. The van der Waals surface area contributed by atoms with Gasteiger partial charge in [0.15, 0.2) is 0 Å². The number of nitrogens with zero attached hydrogens (tertiary/aromatic N) is 1. The largest absolute Gasteiger partial charge is 0.381 e. The summed E-state index contributed by atoms with van der Waals surface area (Å²) in [7, 11) is -3.52. The van der Waals surface area contributed by atoms with Crippen molar-refractivity contribution in [3.63, 3.8) is 0 Å². The van der Waals surface area contributed by atoms with Crippen LogP contribution < -0.4 is 5.32 Å². The lowest BCUT2D eigenvalue weighted by Gasteiger charge is -2.17. The number of carbonyl (C=O) groups is 1. The molecule has 140 valence electrons. The highest BCUT2D eigenvalue weighted by Crippen LogP contribution is 2.24. The molecule has 1 aliphatic heterocycles. The van der Waals surface area contributed by atoms with E-state index in [-0.39, 0.29) is 22.8 Å². The number of amides is 1. The minimum absolute atomic E-state index is 0.0346. The molecule has 0 aliphatic carbocycles. The van der Waals surface area contributed by atoms with Crippen molar-refractivity contribution in [1.82, 2.24) is 9.62 Å². The van der Waals surface area contributed by atoms with Gasteiger partial charge >= 0.3 is 0 Å². The van der Waals surface area contributed by atoms with E-state index in [1.165, 1.54) is 16.4 Å². The minimum Gasteiger partial charge on any atom is -0.381 e. The van der Waals surface area contributed by atoms with Crippen molar-refractivity contribution in [3.05, 3.63) is 29.8 Å². The summed E-state index contributed by atoms with van der Waals surface area (Å²) in [6.07, 6.45) is 1.78. The summed E-state index contributed by atoms with van der Waals surface area (Å²) in [5, 5.41) is 2.79. The van der Waals surface area contributed by atoms with Crippen molar-refractivity contribution in [3.8, 4) is 0 Å². The molecular formula is C18H28N2O4S. The quantitative estimate of drug-likeness (QED) is 0.714. The van der Waals surface area contributed by atoms with Gasteiger partial charge < -0.3 is 10.1 Å². The molecule has 0 spiro atoms. The molecule has 1 heterocycles. The van der Waals surface area contributed by atoms with Crippen molar-refractivity contribution >= 4 is 15.9 Å². The summed E-state index contributed by atoms with van der Waals surface area (Å²) in [5.74, 6) is 0.0469. The van der Waals surface area contributed by atoms with Crippen LogP contribution in [0, 0.1) is 5.92 Å². The molecule has 0 radical (unpaired) electrons. The lowest BCUT2D eigenvalue weighted by molar-refractivity contribution is 0.0943. The fourth-order valence-electron chi connectivity index (χ4n) is 2.82. The van der Waals surface area contributed by atoms with Gasteiger partial charge in [0.05, 0.1) is 11.5 Å². The number of nitrogens with one attached hydrogen (secondary N) is 1. The highest BCUT2D eigenvalue weighted by Gasteiger charge is 2.32. The van der Waals surface area contributed by atoms with E-state index < -0.39 is 10.0 Å². The number of carbonyl (C=O) groups excluding carboxylic acids is 1. The van der Waals surface area contributed by atoms with Crippen molar-refractivity contribution in [2.45, 2.75) is 44.6 Å². The van der Waals surface area contributed by atoms with E-state index >= 15 is 0 Å². The summed E-state index contributed by atoms with van der Waals surface area (Å²) >= 11 is 0. The molecule has 1 aromatic rings. The molecule has 0 bridgehead atoms. The SMILES string of the molecule is CCCOC[C@@H]1CCN(S(=O)(=O)c2ccc(C(=O)NC(C)C)cc2)C1. The predicted molar refractivity (Wildman–Crippen MR) is 97.0 cm³/mol. The second kappa shape index (κ2) is 8.78. The zero-order valence-electron chi connectivity index (χ0n) is 15.2. The summed E-state index contributed by atoms with van der Waals surface area (Å²) in [6, 6.07) is 6.16. The van der Waals surface area contributed by atoms with E-state index in [1.54, 1.807) is 12.1 Å². The smallest absolute Gasteiger partial charge is 0.251 e. The van der Waals surface area contributed by atoms with Crippen LogP contribution in [0.15, 0.2) is 29.2 Å². The zero-order chi connectivity index (χ0) is 18.4. The summed E-state index contributed by atoms with van der Waals surface area (Å²) in [5.41, 5.74) is 0.458. The van der Waals surface area contributed by atoms with E-state index in [9.17, 15) is 13.2 Å². The Balaban J connectivity index is 2.01. The molecular weight excluding hydrogens is 340 g/mol. The van der Waals surface area contributed by atoms with Crippen LogP contribution in [0.25, 0.3) is 0 Å². The number of sulfonamides is 1. The number of rotatable bonds is 8. The number of hydrogen-bond acceptors (Lipinski definition) is 4. The standard InChI is InChI=1S/C18H28N2O4S/c1-4-11-24-13-15-9-10-20(12-15)25(22,23)17-7-5-16(6-8-17)18(21)19-14(2)3/h5-8,14-15H,4,9-13H2,1-3H3,(H,19,21)/t15-/m1/s1. The van der Waals surface area contributed by atoms with Crippen LogP contribution >= 0.6 is 0 Å². The van der Waals surface area contributed by atoms with Gasteiger partial charge in [-0.2, -0.15) is 4.31 Å². The molecule has 25 heavy (non-hydrogen) atoms. The molecule has 1 aliphatic rings. The molecule has 1 atom stereocenters. The predicted octanol–water partition coefficient (Wildman–Crippen LogP) is 2.26. The summed E-state index contributed by atoms with van der Waals surface area (Å²) in [6.45, 7) is 8.13. The first-order valence-corrected chi connectivity index (χ1v) is 10.3. The van der Waals surface area contributed by atoms with Crippen LogP contribution in [-0.2, 0) is 14.8 Å². The fourth-order valence-corrected chi connectivity index (χ4v) is 4.35. The fraction of sp³-hybridized carbons (Fsp3) is 0.611. The highest BCUT2D eigenvalue weighted by atomic mass is 32.2. The number of benzene rings is 1. The molecule has 0 aromatic heterocycles. The van der Waals surface area contributed by atoms with Gasteiger partial charge in [-0.05, 0) is 56.9 Å². The van der Waals surface area contributed by atoms with Gasteiger partial charge in [-0.25, -0.2) is 8.42 Å². The van der Waals surface area contributed by atoms with Crippen molar-refractivity contribution < 1.29 is 17.9 Å². The molecule has 6 nitrogen and oxygen atoms in total. The van der Waals surface area contributed by atoms with E-state index in [2.05, 4.69) is 12.2 Å². The van der Waals surface area contributed by atoms with Gasteiger partial charge in [-0.1, -0.05) is 6.92 Å². The molecule has 1 saturated heterocycles. The monoisotopic (exact) mass is 368 g/mol. The second-order valence-corrected chi connectivity index (χ2v) is 8.68. The summed E-state index contributed by atoms with van der Waals surface area (Å²) < 4.78 is 32.6. The minimum atomic E-state index is -3.52. The Labute approximate surface area is 150 Å². The Bertz CT molecular complexity index is 671. The van der Waals surface area contributed by atoms with Gasteiger partial charge in [-0.3, -0.25) is 4.79 Å². The number of hydrogen-bond donors (Lipinski definition) is 1. The Morgan fingerprint density at radius 2 is 2.00 bits per heavy atom. The molecule has 0 saturated carbocycles. The first-order chi connectivity index (χ1) is 11.8. The maximum absolute atomic E-state index is 12.8. The first kappa shape index (κ1) is 19.9. The van der Waals surface area contributed by atoms with Gasteiger partial charge in [0, 0.05) is 31.3 Å². The van der Waals surface area contributed by atoms with Crippen LogP contribution in [0.2, 0.25) is 0 Å². The third-order valence-corrected chi connectivity index (χ3v) is 6.00. The van der Waals surface area contributed by atoms with Crippen LogP contribution in [0.4, 0.5) is 0 Å². The van der Waals surface area contributed by atoms with Crippen LogP contribution in [-0.4, -0.2) is 51.0 Å². The van der Waals surface area contributed by atoms with Crippen LogP contribution in [0.3, 0.4) is 0 Å². The lowest BCUT2D eigenvalue weighted by atomic mass is 10.1. The van der Waals surface area contributed by atoms with E-state index in [0.717, 1.165) is 12.8 Å². The maximum atomic E-state index is 12.8. The van der Waals surface area contributed by atoms with Crippen molar-refractivity contribution in [1.29, 1.82) is 0 Å². The highest BCUT2D eigenvalue weighted by molar-refractivity contribution is 7.89. The molecule has 1 fully saturated rings. The van der Waals surface area contributed by atoms with E-state index in [0.29, 0.717) is 31.9 Å². The van der Waals surface area contributed by atoms with Gasteiger partial charge in [0.25, 0.3) is 5.91 Å². The third kappa shape index (κ3) is 5.26. The van der Waals surface area contributed by atoms with Crippen molar-refractivity contribution in [2.24, 2.45) is 5.92 Å². The maximum Gasteiger partial charge on any atom is 0.251 e. The Morgan fingerprint density at radius 3 is 2.60 bits per heavy atom. The second-order valence-electron chi connectivity index (χ2n) is 6.75. The van der Waals surface area contributed by atoms with Gasteiger partial charge in [-0.15, -0.1) is 0 Å². The lowest BCUT2D eigenvalue weighted by Crippen LogP contribution is -2.31. The number of ether oxygens (including phenoxy) is 1. The average molecular weight is 368 g/mol. The molecule has 1 N–H and O–H groups in total. The van der Waals surface area contributed by atoms with Crippen LogP contribution in [0.1, 0.15) is 44.0 Å². The van der Waals surface area contributed by atoms with Gasteiger partial charge in [0.2, 0.25) is 10.0 Å². The molecule has 1 amide bonds. The molecule has 2 rings (SSSR count). The topological polar surface area (TPSA) is 75.7 Å². The van der Waals surface area contributed by atoms with E-state index in [4.69, 9.17) is 4.74 Å². The van der Waals surface area contributed by atoms with Crippen LogP contribution in [0.5, 0.6) is 0 Å². The average Bonchev–Trinajstić information content (AvgIpc) is 3.04. The molecule has 7 heteroatoms. The summed E-state index contributed by atoms with van der Waals surface area (Å²) in [4.78, 5) is 12.2. The van der Waals surface area contributed by atoms with Crippen molar-refractivity contribution in [2.75, 3.05) is 26.3 Å². The van der Waals surface area contributed by atoms with Gasteiger partial charge in [0.1, 0.15) is 0 Å².